The topological polar surface area (TPSA) is 26.0 Å². The third-order valence-electron chi connectivity index (χ3n) is 5.60. The first-order valence-electron chi connectivity index (χ1n) is 13.1. The molecule has 0 bridgehead atoms. The molecule has 0 saturated carbocycles. The number of hydrogen-bond donors (Lipinski definition) is 1. The van der Waals surface area contributed by atoms with Crippen molar-refractivity contribution in [2.45, 2.75) is 136 Å². The summed E-state index contributed by atoms with van der Waals surface area (Å²) in [4.78, 5) is 0. The van der Waals surface area contributed by atoms with Crippen LogP contribution in [0.1, 0.15) is 136 Å². The quantitative estimate of drug-likeness (QED) is 0.111. The van der Waals surface area contributed by atoms with Crippen LogP contribution in [0.2, 0.25) is 0 Å². The Morgan fingerprint density at radius 2 is 0.759 bits per heavy atom. The number of hydrogen-bond acceptors (Lipinski definition) is 1. The third kappa shape index (κ3) is 30.2. The van der Waals surface area contributed by atoms with Crippen LogP contribution < -0.4 is 5.73 Å². The van der Waals surface area contributed by atoms with E-state index in [4.69, 9.17) is 5.73 Å². The minimum Gasteiger partial charge on any atom is -0.320 e. The van der Waals surface area contributed by atoms with Crippen LogP contribution in [0.5, 0.6) is 0 Å². The van der Waals surface area contributed by atoms with Crippen molar-refractivity contribution in [2.24, 2.45) is 5.73 Å². The summed E-state index contributed by atoms with van der Waals surface area (Å²) in [7, 11) is 0.366. The van der Waals surface area contributed by atoms with E-state index in [0.717, 1.165) is 0 Å². The van der Waals surface area contributed by atoms with Crippen molar-refractivity contribution in [3.05, 3.63) is 0 Å². The molecule has 0 unspecified atom stereocenters. The van der Waals surface area contributed by atoms with Crippen LogP contribution >= 0.6 is 7.92 Å². The first-order chi connectivity index (χ1) is 14.3. The molecule has 0 fully saturated rings. The van der Waals surface area contributed by atoms with E-state index in [2.05, 4.69) is 33.1 Å². The molecule has 2 heteroatoms. The molecular weight excluding hydrogens is 369 g/mol. The fraction of sp³-hybridized carbons (Fsp3) is 0.926. The van der Waals surface area contributed by atoms with Gasteiger partial charge in [-0.15, -0.1) is 14.3 Å². The Balaban J connectivity index is 0. The Morgan fingerprint density at radius 3 is 1.00 bits per heavy atom. The second kappa shape index (κ2) is 30.1. The lowest BCUT2D eigenvalue weighted by Gasteiger charge is -2.18. The van der Waals surface area contributed by atoms with Crippen LogP contribution in [-0.4, -0.2) is 25.0 Å². The molecule has 0 saturated heterocycles. The van der Waals surface area contributed by atoms with Crippen molar-refractivity contribution in [3.8, 4) is 12.3 Å². The van der Waals surface area contributed by atoms with E-state index in [-0.39, 0.29) is 0 Å². The molecule has 0 aromatic rings. The van der Waals surface area contributed by atoms with Gasteiger partial charge in [-0.05, 0) is 37.7 Å². The summed E-state index contributed by atoms with van der Waals surface area (Å²) in [5, 5.41) is 0. The van der Waals surface area contributed by atoms with Gasteiger partial charge in [0, 0.05) is 0 Å². The number of rotatable bonds is 21. The molecule has 0 rings (SSSR count). The molecule has 2 N–H and O–H groups in total. The van der Waals surface area contributed by atoms with E-state index in [1.165, 1.54) is 116 Å². The zero-order valence-electron chi connectivity index (χ0n) is 20.7. The van der Waals surface area contributed by atoms with Gasteiger partial charge in [-0.1, -0.05) is 123 Å². The maximum atomic E-state index is 4.79. The van der Waals surface area contributed by atoms with Gasteiger partial charge in [-0.25, -0.2) is 0 Å². The summed E-state index contributed by atoms with van der Waals surface area (Å²) >= 11 is 0. The molecule has 0 aliphatic rings. The monoisotopic (exact) mass is 425 g/mol. The zero-order chi connectivity index (χ0) is 21.8. The lowest BCUT2D eigenvalue weighted by molar-refractivity contribution is 0.617. The van der Waals surface area contributed by atoms with Crippen LogP contribution in [0.15, 0.2) is 0 Å². The van der Waals surface area contributed by atoms with Crippen molar-refractivity contribution >= 4 is 7.92 Å². The molecule has 0 aromatic heterocycles. The Hall–Kier alpha value is -0.0500. The average Bonchev–Trinajstić information content (AvgIpc) is 2.75. The van der Waals surface area contributed by atoms with Gasteiger partial charge in [0.2, 0.25) is 0 Å². The van der Waals surface area contributed by atoms with E-state index >= 15 is 0 Å². The maximum Gasteiger partial charge on any atom is 0.0548 e. The van der Waals surface area contributed by atoms with Gasteiger partial charge >= 0.3 is 0 Å². The fourth-order valence-electron chi connectivity index (χ4n) is 3.68. The van der Waals surface area contributed by atoms with Gasteiger partial charge in [0.05, 0.1) is 6.54 Å². The van der Waals surface area contributed by atoms with E-state index in [0.29, 0.717) is 14.5 Å². The fourth-order valence-corrected chi connectivity index (χ4v) is 6.37. The summed E-state index contributed by atoms with van der Waals surface area (Å²) in [6.45, 7) is 7.31. The molecular formula is C27H56NP. The van der Waals surface area contributed by atoms with Gasteiger partial charge in [0.1, 0.15) is 0 Å². The first kappa shape index (κ1) is 31.1. The van der Waals surface area contributed by atoms with E-state index in [9.17, 15) is 0 Å². The molecule has 0 spiro atoms. The molecule has 1 nitrogen and oxygen atoms in total. The van der Waals surface area contributed by atoms with Crippen LogP contribution in [-0.2, 0) is 0 Å². The Bertz CT molecular complexity index is 272. The highest BCUT2D eigenvalue weighted by atomic mass is 31.1. The Kier molecular flexibility index (Phi) is 32.4. The molecule has 0 aliphatic heterocycles. The largest absolute Gasteiger partial charge is 0.320 e. The summed E-state index contributed by atoms with van der Waals surface area (Å²) < 4.78 is 0. The second-order valence-corrected chi connectivity index (χ2v) is 11.2. The van der Waals surface area contributed by atoms with E-state index in [1.54, 1.807) is 18.5 Å². The van der Waals surface area contributed by atoms with Gasteiger partial charge in [0.15, 0.2) is 0 Å². The number of terminal acetylenes is 1. The molecule has 174 valence electrons. The van der Waals surface area contributed by atoms with Crippen LogP contribution in [0.4, 0.5) is 0 Å². The summed E-state index contributed by atoms with van der Waals surface area (Å²) in [6, 6.07) is 0. The molecule has 0 aliphatic carbocycles. The van der Waals surface area contributed by atoms with Gasteiger partial charge in [-0.3, -0.25) is 0 Å². The first-order valence-corrected chi connectivity index (χ1v) is 15.0. The standard InChI is InChI=1S/C24H51P.C3H5N/c1-4-7-10-13-16-19-22-25(23-20-17-14-11-8-5-2)24-21-18-15-12-9-6-3;1-2-3-4/h4-24H2,1-3H3;1H,3-4H2. The highest BCUT2D eigenvalue weighted by Gasteiger charge is 2.07. The Morgan fingerprint density at radius 1 is 0.517 bits per heavy atom. The second-order valence-electron chi connectivity index (χ2n) is 8.55. The van der Waals surface area contributed by atoms with E-state index in [1.807, 2.05) is 0 Å². The normalized spacial score (nSPS) is 10.6. The van der Waals surface area contributed by atoms with Gasteiger partial charge in [0.25, 0.3) is 0 Å². The third-order valence-corrected chi connectivity index (χ3v) is 8.45. The van der Waals surface area contributed by atoms with Crippen molar-refractivity contribution in [3.63, 3.8) is 0 Å². The van der Waals surface area contributed by atoms with Crippen molar-refractivity contribution in [1.82, 2.24) is 0 Å². The summed E-state index contributed by atoms with van der Waals surface area (Å²) in [5.74, 6) is 2.21. The molecule has 0 amide bonds. The van der Waals surface area contributed by atoms with Crippen LogP contribution in [0, 0.1) is 12.3 Å². The molecule has 0 aromatic carbocycles. The lowest BCUT2D eigenvalue weighted by atomic mass is 10.1. The average molecular weight is 426 g/mol. The SMILES string of the molecule is C#CCN.CCCCCCCCP(CCCCCCCC)CCCCCCCC. The predicted octanol–water partition coefficient (Wildman–Crippen LogP) is 9.13. The lowest BCUT2D eigenvalue weighted by Crippen LogP contribution is -1.97. The summed E-state index contributed by atoms with van der Waals surface area (Å²) in [6.07, 6.45) is 35.9. The Labute approximate surface area is 187 Å². The summed E-state index contributed by atoms with van der Waals surface area (Å²) in [5.41, 5.74) is 4.79. The highest BCUT2D eigenvalue weighted by Crippen LogP contribution is 2.39. The molecule has 0 atom stereocenters. The molecule has 0 radical (unpaired) electrons. The van der Waals surface area contributed by atoms with E-state index < -0.39 is 0 Å². The number of unbranched alkanes of at least 4 members (excludes halogenated alkanes) is 15. The van der Waals surface area contributed by atoms with Gasteiger partial charge in [-0.2, -0.15) is 0 Å². The van der Waals surface area contributed by atoms with Gasteiger partial charge < -0.3 is 5.73 Å². The van der Waals surface area contributed by atoms with Crippen LogP contribution in [0.3, 0.4) is 0 Å². The molecule has 29 heavy (non-hydrogen) atoms. The highest BCUT2D eigenvalue weighted by molar-refractivity contribution is 7.57. The van der Waals surface area contributed by atoms with Crippen molar-refractivity contribution < 1.29 is 0 Å². The predicted molar refractivity (Wildman–Crippen MR) is 140 cm³/mol. The van der Waals surface area contributed by atoms with Crippen molar-refractivity contribution in [1.29, 1.82) is 0 Å². The minimum atomic E-state index is 0.347. The maximum absolute atomic E-state index is 4.79. The number of nitrogens with two attached hydrogens (primary N) is 1. The minimum absolute atomic E-state index is 0.347. The van der Waals surface area contributed by atoms with Crippen molar-refractivity contribution in [2.75, 3.05) is 25.0 Å². The molecule has 0 heterocycles. The zero-order valence-corrected chi connectivity index (χ0v) is 21.6. The van der Waals surface area contributed by atoms with Crippen LogP contribution in [0.25, 0.3) is 0 Å². The smallest absolute Gasteiger partial charge is 0.0548 e.